The molecule has 29 heavy (non-hydrogen) atoms. The second-order valence-electron chi connectivity index (χ2n) is 7.99. The monoisotopic (exact) mass is 401 g/mol. The Hall–Kier alpha value is -2.48. The van der Waals surface area contributed by atoms with Gasteiger partial charge in [-0.05, 0) is 57.8 Å². The first-order valence-corrected chi connectivity index (χ1v) is 10.6. The molecule has 0 aromatic carbocycles. The van der Waals surface area contributed by atoms with E-state index in [-0.39, 0.29) is 23.8 Å². The number of hydrogen-bond acceptors (Lipinski definition) is 5. The summed E-state index contributed by atoms with van der Waals surface area (Å²) in [6, 6.07) is 4.74. The molecule has 8 nitrogen and oxygen atoms in total. The molecule has 1 atom stereocenters. The van der Waals surface area contributed by atoms with Gasteiger partial charge >= 0.3 is 6.03 Å². The number of likely N-dealkylation sites (tertiary alicyclic amines) is 1. The molecule has 1 saturated heterocycles. The van der Waals surface area contributed by atoms with Crippen molar-refractivity contribution in [2.75, 3.05) is 18.4 Å². The van der Waals surface area contributed by atoms with E-state index in [0.29, 0.717) is 31.7 Å². The van der Waals surface area contributed by atoms with E-state index in [1.165, 1.54) is 6.42 Å². The Morgan fingerprint density at radius 1 is 1.07 bits per heavy atom. The molecular weight excluding hydrogens is 370 g/mol. The smallest absolute Gasteiger partial charge is 0.321 e. The van der Waals surface area contributed by atoms with Crippen LogP contribution in [0.4, 0.5) is 10.6 Å². The van der Waals surface area contributed by atoms with Crippen LogP contribution in [0.1, 0.15) is 51.9 Å². The zero-order valence-corrected chi connectivity index (χ0v) is 17.0. The van der Waals surface area contributed by atoms with Crippen LogP contribution in [0.2, 0.25) is 0 Å². The van der Waals surface area contributed by atoms with E-state index in [4.69, 9.17) is 0 Å². The fourth-order valence-electron chi connectivity index (χ4n) is 4.06. The standard InChI is InChI=1S/C21H31N5O3/c1-15(19(27)25-21(29)23-17-7-3-2-4-8-17)26-13-10-16(11-14-26)20(28)24-18-9-5-6-12-22-18/h5-6,9,12,15-17H,2-4,7-8,10-11,13-14H2,1H3,(H,22,24,28)(H2,23,25,27,29). The van der Waals surface area contributed by atoms with Crippen molar-refractivity contribution in [2.45, 2.75) is 64.0 Å². The molecule has 3 N–H and O–H groups in total. The first kappa shape index (κ1) is 21.2. The normalized spacial score (nSPS) is 19.9. The number of anilines is 1. The van der Waals surface area contributed by atoms with Gasteiger partial charge in [0.25, 0.3) is 0 Å². The van der Waals surface area contributed by atoms with Gasteiger partial charge in [-0.25, -0.2) is 9.78 Å². The van der Waals surface area contributed by atoms with Crippen LogP contribution in [-0.4, -0.2) is 52.9 Å². The van der Waals surface area contributed by atoms with Gasteiger partial charge in [0.05, 0.1) is 6.04 Å². The molecule has 1 aliphatic heterocycles. The first-order valence-electron chi connectivity index (χ1n) is 10.6. The molecule has 0 radical (unpaired) electrons. The molecule has 0 bridgehead atoms. The highest BCUT2D eigenvalue weighted by molar-refractivity contribution is 5.97. The number of rotatable bonds is 5. The van der Waals surface area contributed by atoms with Gasteiger partial charge in [0.2, 0.25) is 11.8 Å². The van der Waals surface area contributed by atoms with Gasteiger partial charge in [-0.3, -0.25) is 19.8 Å². The van der Waals surface area contributed by atoms with Crippen molar-refractivity contribution >= 4 is 23.7 Å². The number of carbonyl (C=O) groups excluding carboxylic acids is 3. The van der Waals surface area contributed by atoms with Crippen molar-refractivity contribution in [1.82, 2.24) is 20.5 Å². The van der Waals surface area contributed by atoms with Crippen LogP contribution in [0.25, 0.3) is 0 Å². The van der Waals surface area contributed by atoms with Gasteiger partial charge in [-0.1, -0.05) is 25.3 Å². The average Bonchev–Trinajstić information content (AvgIpc) is 2.74. The van der Waals surface area contributed by atoms with Crippen molar-refractivity contribution in [3.8, 4) is 0 Å². The quantitative estimate of drug-likeness (QED) is 0.702. The largest absolute Gasteiger partial charge is 0.335 e. The highest BCUT2D eigenvalue weighted by Crippen LogP contribution is 2.21. The molecule has 1 aromatic rings. The lowest BCUT2D eigenvalue weighted by Crippen LogP contribution is -2.53. The van der Waals surface area contributed by atoms with E-state index in [9.17, 15) is 14.4 Å². The topological polar surface area (TPSA) is 103 Å². The fraction of sp³-hybridized carbons (Fsp3) is 0.619. The van der Waals surface area contributed by atoms with E-state index in [2.05, 4.69) is 20.9 Å². The number of amides is 4. The number of hydrogen-bond donors (Lipinski definition) is 3. The highest BCUT2D eigenvalue weighted by atomic mass is 16.2. The maximum absolute atomic E-state index is 12.4. The molecule has 4 amide bonds. The van der Waals surface area contributed by atoms with Gasteiger partial charge in [0.1, 0.15) is 5.82 Å². The minimum absolute atomic E-state index is 0.0349. The summed E-state index contributed by atoms with van der Waals surface area (Å²) in [6.45, 7) is 3.08. The Morgan fingerprint density at radius 3 is 2.45 bits per heavy atom. The van der Waals surface area contributed by atoms with E-state index in [1.807, 2.05) is 11.0 Å². The maximum atomic E-state index is 12.4. The van der Waals surface area contributed by atoms with E-state index < -0.39 is 12.1 Å². The number of carbonyl (C=O) groups is 3. The molecule has 2 aliphatic rings. The summed E-state index contributed by atoms with van der Waals surface area (Å²) < 4.78 is 0. The highest BCUT2D eigenvalue weighted by Gasteiger charge is 2.30. The van der Waals surface area contributed by atoms with Crippen LogP contribution >= 0.6 is 0 Å². The van der Waals surface area contributed by atoms with Crippen LogP contribution < -0.4 is 16.0 Å². The maximum Gasteiger partial charge on any atom is 0.321 e. The molecule has 2 fully saturated rings. The van der Waals surface area contributed by atoms with Crippen molar-refractivity contribution < 1.29 is 14.4 Å². The molecule has 1 saturated carbocycles. The predicted octanol–water partition coefficient (Wildman–Crippen LogP) is 2.28. The summed E-state index contributed by atoms with van der Waals surface area (Å²) in [7, 11) is 0. The summed E-state index contributed by atoms with van der Waals surface area (Å²) in [6.07, 6.45) is 8.40. The molecule has 0 spiro atoms. The molecular formula is C21H31N5O3. The predicted molar refractivity (Wildman–Crippen MR) is 110 cm³/mol. The van der Waals surface area contributed by atoms with Crippen molar-refractivity contribution in [2.24, 2.45) is 5.92 Å². The first-order chi connectivity index (χ1) is 14.0. The molecule has 3 rings (SSSR count). The van der Waals surface area contributed by atoms with Crippen LogP contribution in [0.15, 0.2) is 24.4 Å². The summed E-state index contributed by atoms with van der Waals surface area (Å²) in [5.41, 5.74) is 0. The van der Waals surface area contributed by atoms with Crippen molar-refractivity contribution in [1.29, 1.82) is 0 Å². The fourth-order valence-corrected chi connectivity index (χ4v) is 4.06. The van der Waals surface area contributed by atoms with Crippen molar-refractivity contribution in [3.05, 3.63) is 24.4 Å². The Morgan fingerprint density at radius 2 is 1.79 bits per heavy atom. The number of piperidine rings is 1. The van der Waals surface area contributed by atoms with Crippen LogP contribution in [0.5, 0.6) is 0 Å². The molecule has 1 aromatic heterocycles. The number of nitrogens with zero attached hydrogens (tertiary/aromatic N) is 2. The Kier molecular flexibility index (Phi) is 7.57. The third-order valence-corrected chi connectivity index (χ3v) is 5.92. The number of pyridine rings is 1. The summed E-state index contributed by atoms with van der Waals surface area (Å²) >= 11 is 0. The second-order valence-corrected chi connectivity index (χ2v) is 7.99. The third kappa shape index (κ3) is 6.25. The third-order valence-electron chi connectivity index (χ3n) is 5.92. The number of urea groups is 1. The van der Waals surface area contributed by atoms with E-state index in [1.54, 1.807) is 25.3 Å². The van der Waals surface area contributed by atoms with E-state index in [0.717, 1.165) is 25.7 Å². The summed E-state index contributed by atoms with van der Waals surface area (Å²) in [5, 5.41) is 8.22. The van der Waals surface area contributed by atoms with E-state index >= 15 is 0 Å². The Balaban J connectivity index is 1.40. The number of nitrogens with one attached hydrogen (secondary N) is 3. The lowest BCUT2D eigenvalue weighted by molar-refractivity contribution is -0.126. The second kappa shape index (κ2) is 10.3. The molecule has 8 heteroatoms. The van der Waals surface area contributed by atoms with Crippen molar-refractivity contribution in [3.63, 3.8) is 0 Å². The van der Waals surface area contributed by atoms with Gasteiger partial charge in [-0.15, -0.1) is 0 Å². The van der Waals surface area contributed by atoms with Crippen LogP contribution in [-0.2, 0) is 9.59 Å². The number of imide groups is 1. The Labute approximate surface area is 171 Å². The molecule has 158 valence electrons. The molecule has 1 aliphatic carbocycles. The van der Waals surface area contributed by atoms with Crippen LogP contribution in [0.3, 0.4) is 0 Å². The van der Waals surface area contributed by atoms with Gasteiger partial charge in [0.15, 0.2) is 0 Å². The zero-order valence-electron chi connectivity index (χ0n) is 17.0. The molecule has 2 heterocycles. The minimum Gasteiger partial charge on any atom is -0.335 e. The zero-order chi connectivity index (χ0) is 20.6. The molecule has 1 unspecified atom stereocenters. The lowest BCUT2D eigenvalue weighted by atomic mass is 9.95. The van der Waals surface area contributed by atoms with Crippen LogP contribution in [0, 0.1) is 5.92 Å². The van der Waals surface area contributed by atoms with Gasteiger partial charge in [0, 0.05) is 18.2 Å². The Bertz CT molecular complexity index is 698. The summed E-state index contributed by atoms with van der Waals surface area (Å²) in [4.78, 5) is 43.1. The SMILES string of the molecule is CC(C(=O)NC(=O)NC1CCCCC1)N1CCC(C(=O)Nc2ccccn2)CC1. The summed E-state index contributed by atoms with van der Waals surface area (Å²) in [5.74, 6) is 0.122. The number of aromatic nitrogens is 1. The van der Waals surface area contributed by atoms with Gasteiger partial charge < -0.3 is 10.6 Å². The minimum atomic E-state index is -0.410. The van der Waals surface area contributed by atoms with Gasteiger partial charge in [-0.2, -0.15) is 0 Å². The lowest BCUT2D eigenvalue weighted by Gasteiger charge is -2.34. The average molecular weight is 402 g/mol.